The number of rotatable bonds is 6. The SMILES string of the molecule is COc1cc2nc(C)nc(N[C@H](C)c3cc(C)cc(N)c3)c2cc1C1CCC(C(=O)N2CCN(C)CC2)CC1. The second kappa shape index (κ2) is 11.4. The van der Waals surface area contributed by atoms with Crippen LogP contribution < -0.4 is 15.8 Å². The number of nitrogens with zero attached hydrogens (tertiary/aromatic N) is 4. The second-order valence-corrected chi connectivity index (χ2v) is 11.5. The average molecular weight is 531 g/mol. The van der Waals surface area contributed by atoms with Crippen LogP contribution in [0.15, 0.2) is 30.3 Å². The third-order valence-electron chi connectivity index (χ3n) is 8.47. The number of anilines is 2. The van der Waals surface area contributed by atoms with Crippen molar-refractivity contribution in [1.82, 2.24) is 19.8 Å². The van der Waals surface area contributed by atoms with Crippen molar-refractivity contribution in [2.75, 3.05) is 51.4 Å². The fraction of sp³-hybridized carbons (Fsp3) is 0.516. The van der Waals surface area contributed by atoms with E-state index in [4.69, 9.17) is 20.4 Å². The van der Waals surface area contributed by atoms with E-state index in [0.717, 1.165) is 91.1 Å². The molecular formula is C31H42N6O2. The van der Waals surface area contributed by atoms with Gasteiger partial charge in [-0.25, -0.2) is 9.97 Å². The number of carbonyl (C=O) groups is 1. The summed E-state index contributed by atoms with van der Waals surface area (Å²) in [4.78, 5) is 27.1. The Hall–Kier alpha value is -3.39. The molecule has 1 aliphatic heterocycles. The molecule has 2 fully saturated rings. The first-order valence-corrected chi connectivity index (χ1v) is 14.2. The van der Waals surface area contributed by atoms with Gasteiger partial charge in [0.2, 0.25) is 5.91 Å². The maximum absolute atomic E-state index is 13.2. The number of nitrogens with one attached hydrogen (secondary N) is 1. The topological polar surface area (TPSA) is 96.6 Å². The molecule has 8 nitrogen and oxygen atoms in total. The van der Waals surface area contributed by atoms with Gasteiger partial charge in [0, 0.05) is 49.2 Å². The highest BCUT2D eigenvalue weighted by Gasteiger charge is 2.32. The number of ether oxygens (including phenoxy) is 1. The summed E-state index contributed by atoms with van der Waals surface area (Å²) in [5.74, 6) is 3.19. The zero-order chi connectivity index (χ0) is 27.7. The van der Waals surface area contributed by atoms with Gasteiger partial charge in [0.1, 0.15) is 17.4 Å². The smallest absolute Gasteiger partial charge is 0.225 e. The standard InChI is InChI=1S/C31H42N6O2/c1-19-14-24(16-25(32)15-19)20(2)33-30-27-17-26(29(39-5)18-28(27)34-21(3)35-30)22-6-8-23(9-7-22)31(38)37-12-10-36(4)11-13-37/h14-18,20,22-23H,6-13,32H2,1-5H3,(H,33,34,35)/t20-,22?,23?/m1/s1. The van der Waals surface area contributed by atoms with Gasteiger partial charge in [-0.15, -0.1) is 0 Å². The summed E-state index contributed by atoms with van der Waals surface area (Å²) in [5, 5.41) is 4.61. The van der Waals surface area contributed by atoms with E-state index in [-0.39, 0.29) is 12.0 Å². The summed E-state index contributed by atoms with van der Waals surface area (Å²) in [6, 6.07) is 10.4. The summed E-state index contributed by atoms with van der Waals surface area (Å²) < 4.78 is 5.87. The predicted octanol–water partition coefficient (Wildman–Crippen LogP) is 5.06. The Morgan fingerprint density at radius 3 is 2.41 bits per heavy atom. The van der Waals surface area contributed by atoms with Gasteiger partial charge < -0.3 is 25.6 Å². The van der Waals surface area contributed by atoms with Crippen molar-refractivity contribution < 1.29 is 9.53 Å². The van der Waals surface area contributed by atoms with E-state index in [2.05, 4.69) is 48.1 Å². The molecule has 3 aromatic rings. The number of nitrogen functional groups attached to an aromatic ring is 1. The van der Waals surface area contributed by atoms with E-state index in [1.807, 2.05) is 25.1 Å². The lowest BCUT2D eigenvalue weighted by Gasteiger charge is -2.37. The maximum Gasteiger partial charge on any atom is 0.225 e. The first-order valence-electron chi connectivity index (χ1n) is 14.2. The Bertz CT molecular complexity index is 1320. The van der Waals surface area contributed by atoms with E-state index in [1.165, 1.54) is 5.56 Å². The number of aromatic nitrogens is 2. The number of piperazine rings is 1. The van der Waals surface area contributed by atoms with Crippen molar-refractivity contribution in [3.8, 4) is 5.75 Å². The average Bonchev–Trinajstić information content (AvgIpc) is 2.92. The van der Waals surface area contributed by atoms with Crippen molar-refractivity contribution in [1.29, 1.82) is 0 Å². The van der Waals surface area contributed by atoms with Gasteiger partial charge in [0.15, 0.2) is 0 Å². The molecule has 1 aliphatic carbocycles. The minimum Gasteiger partial charge on any atom is -0.496 e. The van der Waals surface area contributed by atoms with E-state index >= 15 is 0 Å². The number of aryl methyl sites for hydroxylation is 2. The van der Waals surface area contributed by atoms with Gasteiger partial charge in [-0.2, -0.15) is 0 Å². The highest BCUT2D eigenvalue weighted by Crippen LogP contribution is 2.42. The number of likely N-dealkylation sites (N-methyl/N-ethyl adjacent to an activating group) is 1. The lowest BCUT2D eigenvalue weighted by molar-refractivity contribution is -0.138. The Morgan fingerprint density at radius 1 is 1.03 bits per heavy atom. The van der Waals surface area contributed by atoms with Gasteiger partial charge in [0.25, 0.3) is 0 Å². The number of carbonyl (C=O) groups excluding carboxylic acids is 1. The lowest BCUT2D eigenvalue weighted by atomic mass is 9.77. The van der Waals surface area contributed by atoms with Crippen LogP contribution in [0.5, 0.6) is 5.75 Å². The summed E-state index contributed by atoms with van der Waals surface area (Å²) in [6.45, 7) is 9.71. The molecule has 8 heteroatoms. The molecule has 3 N–H and O–H groups in total. The number of fused-ring (bicyclic) bond motifs is 1. The third kappa shape index (κ3) is 5.96. The fourth-order valence-corrected chi connectivity index (χ4v) is 6.21. The van der Waals surface area contributed by atoms with Crippen LogP contribution in [-0.2, 0) is 4.79 Å². The Morgan fingerprint density at radius 2 is 1.74 bits per heavy atom. The van der Waals surface area contributed by atoms with Gasteiger partial charge in [-0.3, -0.25) is 4.79 Å². The monoisotopic (exact) mass is 530 g/mol. The normalized spacial score (nSPS) is 21.1. The second-order valence-electron chi connectivity index (χ2n) is 11.5. The quantitative estimate of drug-likeness (QED) is 0.430. The van der Waals surface area contributed by atoms with Gasteiger partial charge in [-0.1, -0.05) is 6.07 Å². The summed E-state index contributed by atoms with van der Waals surface area (Å²) in [5.41, 5.74) is 11.2. The number of methoxy groups -OCH3 is 1. The molecule has 208 valence electrons. The molecule has 2 aromatic carbocycles. The van der Waals surface area contributed by atoms with E-state index in [0.29, 0.717) is 17.6 Å². The highest BCUT2D eigenvalue weighted by atomic mass is 16.5. The van der Waals surface area contributed by atoms with Gasteiger partial charge in [-0.05, 0) is 94.3 Å². The molecule has 5 rings (SSSR count). The van der Waals surface area contributed by atoms with Crippen molar-refractivity contribution in [2.24, 2.45) is 5.92 Å². The third-order valence-corrected chi connectivity index (χ3v) is 8.47. The van der Waals surface area contributed by atoms with Crippen molar-refractivity contribution in [3.05, 3.63) is 52.8 Å². The summed E-state index contributed by atoms with van der Waals surface area (Å²) in [7, 11) is 3.85. The molecule has 1 aromatic heterocycles. The van der Waals surface area contributed by atoms with E-state index in [1.54, 1.807) is 7.11 Å². The molecule has 2 heterocycles. The number of benzene rings is 2. The highest BCUT2D eigenvalue weighted by molar-refractivity contribution is 5.91. The molecule has 1 saturated carbocycles. The maximum atomic E-state index is 13.2. The molecule has 1 saturated heterocycles. The molecule has 0 unspecified atom stereocenters. The zero-order valence-corrected chi connectivity index (χ0v) is 24.0. The molecule has 39 heavy (non-hydrogen) atoms. The Balaban J connectivity index is 1.38. The summed E-state index contributed by atoms with van der Waals surface area (Å²) >= 11 is 0. The predicted molar refractivity (Wildman–Crippen MR) is 157 cm³/mol. The number of nitrogens with two attached hydrogens (primary N) is 1. The first-order chi connectivity index (χ1) is 18.7. The zero-order valence-electron chi connectivity index (χ0n) is 24.0. The van der Waals surface area contributed by atoms with Crippen LogP contribution in [0.25, 0.3) is 10.9 Å². The molecule has 0 spiro atoms. The molecule has 0 radical (unpaired) electrons. The lowest BCUT2D eigenvalue weighted by Crippen LogP contribution is -2.49. The molecule has 1 atom stereocenters. The van der Waals surface area contributed by atoms with Crippen LogP contribution in [0.4, 0.5) is 11.5 Å². The van der Waals surface area contributed by atoms with E-state index in [9.17, 15) is 4.79 Å². The molecule has 1 amide bonds. The Kier molecular flexibility index (Phi) is 7.93. The van der Waals surface area contributed by atoms with Crippen LogP contribution in [0.3, 0.4) is 0 Å². The van der Waals surface area contributed by atoms with Crippen LogP contribution in [0.2, 0.25) is 0 Å². The van der Waals surface area contributed by atoms with Crippen LogP contribution in [-0.4, -0.2) is 66.0 Å². The fourth-order valence-electron chi connectivity index (χ4n) is 6.21. The first kappa shape index (κ1) is 27.2. The van der Waals surface area contributed by atoms with Crippen LogP contribution >= 0.6 is 0 Å². The Labute approximate surface area is 231 Å². The number of hydrogen-bond acceptors (Lipinski definition) is 7. The summed E-state index contributed by atoms with van der Waals surface area (Å²) in [6.07, 6.45) is 3.78. The number of amides is 1. The molecule has 2 aliphatic rings. The van der Waals surface area contributed by atoms with Crippen LogP contribution in [0.1, 0.15) is 67.1 Å². The van der Waals surface area contributed by atoms with E-state index < -0.39 is 0 Å². The minimum atomic E-state index is 0.0197. The van der Waals surface area contributed by atoms with Crippen molar-refractivity contribution in [3.63, 3.8) is 0 Å². The van der Waals surface area contributed by atoms with Crippen molar-refractivity contribution >= 4 is 28.3 Å². The van der Waals surface area contributed by atoms with Crippen LogP contribution in [0, 0.1) is 19.8 Å². The largest absolute Gasteiger partial charge is 0.496 e. The van der Waals surface area contributed by atoms with Crippen molar-refractivity contribution in [2.45, 2.75) is 58.4 Å². The minimum absolute atomic E-state index is 0.0197. The molecular weight excluding hydrogens is 488 g/mol. The van der Waals surface area contributed by atoms with Gasteiger partial charge in [0.05, 0.1) is 18.7 Å². The van der Waals surface area contributed by atoms with Gasteiger partial charge >= 0.3 is 0 Å². The number of hydrogen-bond donors (Lipinski definition) is 2. The molecule has 0 bridgehead atoms.